The maximum absolute atomic E-state index is 10.00. The van der Waals surface area contributed by atoms with Crippen LogP contribution >= 0.6 is 0 Å². The van der Waals surface area contributed by atoms with Crippen LogP contribution in [0.5, 0.6) is 0 Å². The highest BCUT2D eigenvalue weighted by Crippen LogP contribution is 2.33. The number of aromatic nitrogens is 1. The van der Waals surface area contributed by atoms with E-state index in [4.69, 9.17) is 9.40 Å². The Balaban J connectivity index is 1.93. The van der Waals surface area contributed by atoms with E-state index in [1.54, 1.807) is 0 Å². The Morgan fingerprint density at radius 3 is 2.62 bits per heavy atom. The van der Waals surface area contributed by atoms with Crippen molar-refractivity contribution in [3.63, 3.8) is 0 Å². The highest BCUT2D eigenvalue weighted by atomic mass is 16.3. The van der Waals surface area contributed by atoms with Crippen LogP contribution in [0.3, 0.4) is 0 Å². The van der Waals surface area contributed by atoms with Crippen molar-refractivity contribution >= 4 is 11.1 Å². The fraction of sp³-hybridized carbons (Fsp3) is 0.650. The minimum Gasteiger partial charge on any atom is -0.440 e. The molecule has 1 saturated carbocycles. The molecule has 1 aliphatic rings. The van der Waals surface area contributed by atoms with Crippen molar-refractivity contribution in [3.8, 4) is 0 Å². The Morgan fingerprint density at radius 1 is 1.29 bits per heavy atom. The summed E-state index contributed by atoms with van der Waals surface area (Å²) >= 11 is 0. The SMILES string of the molecule is CC(C)c1nc2cc(CN[C@H]3CCC[C@@H]3O)cc(C(C)(C)C)c2o1. The molecule has 0 aliphatic heterocycles. The van der Waals surface area contributed by atoms with Crippen molar-refractivity contribution in [1.29, 1.82) is 0 Å². The van der Waals surface area contributed by atoms with Gasteiger partial charge in [0.2, 0.25) is 0 Å². The Morgan fingerprint density at radius 2 is 2.04 bits per heavy atom. The van der Waals surface area contributed by atoms with Crippen LogP contribution in [0.2, 0.25) is 0 Å². The van der Waals surface area contributed by atoms with Gasteiger partial charge in [0, 0.05) is 24.1 Å². The average Bonchev–Trinajstić information content (AvgIpc) is 3.09. The summed E-state index contributed by atoms with van der Waals surface area (Å²) in [7, 11) is 0. The van der Waals surface area contributed by atoms with E-state index in [1.165, 1.54) is 11.1 Å². The number of hydrogen-bond donors (Lipinski definition) is 2. The van der Waals surface area contributed by atoms with Gasteiger partial charge in [-0.05, 0) is 36.3 Å². The minimum atomic E-state index is -0.213. The molecule has 1 aromatic carbocycles. The maximum Gasteiger partial charge on any atom is 0.198 e. The van der Waals surface area contributed by atoms with Crippen LogP contribution in [-0.2, 0) is 12.0 Å². The van der Waals surface area contributed by atoms with E-state index in [9.17, 15) is 5.11 Å². The number of aliphatic hydroxyl groups is 1. The lowest BCUT2D eigenvalue weighted by molar-refractivity contribution is 0.148. The van der Waals surface area contributed by atoms with Gasteiger partial charge in [-0.15, -0.1) is 0 Å². The van der Waals surface area contributed by atoms with Gasteiger partial charge >= 0.3 is 0 Å². The van der Waals surface area contributed by atoms with Crippen molar-refractivity contribution in [2.45, 2.75) is 83.9 Å². The molecule has 0 bridgehead atoms. The van der Waals surface area contributed by atoms with Gasteiger partial charge in [0.15, 0.2) is 11.5 Å². The topological polar surface area (TPSA) is 58.3 Å². The number of oxazole rings is 1. The first-order valence-corrected chi connectivity index (χ1v) is 9.11. The summed E-state index contributed by atoms with van der Waals surface area (Å²) < 4.78 is 6.07. The molecule has 0 spiro atoms. The molecule has 1 heterocycles. The molecule has 0 saturated heterocycles. The predicted molar refractivity (Wildman–Crippen MR) is 97.3 cm³/mol. The van der Waals surface area contributed by atoms with E-state index in [0.29, 0.717) is 0 Å². The molecule has 24 heavy (non-hydrogen) atoms. The summed E-state index contributed by atoms with van der Waals surface area (Å²) in [5, 5.41) is 13.5. The van der Waals surface area contributed by atoms with Crippen LogP contribution < -0.4 is 5.32 Å². The zero-order valence-electron chi connectivity index (χ0n) is 15.5. The molecule has 3 rings (SSSR count). The molecule has 4 nitrogen and oxygen atoms in total. The van der Waals surface area contributed by atoms with Crippen molar-refractivity contribution in [2.24, 2.45) is 0 Å². The van der Waals surface area contributed by atoms with Gasteiger partial charge in [-0.25, -0.2) is 4.98 Å². The molecule has 132 valence electrons. The maximum atomic E-state index is 10.00. The van der Waals surface area contributed by atoms with E-state index < -0.39 is 0 Å². The minimum absolute atomic E-state index is 0.00504. The molecule has 1 aliphatic carbocycles. The summed E-state index contributed by atoms with van der Waals surface area (Å²) in [5.41, 5.74) is 4.25. The predicted octanol–water partition coefficient (Wildman–Crippen LogP) is 4.25. The number of nitrogens with zero attached hydrogens (tertiary/aromatic N) is 1. The second kappa shape index (κ2) is 6.49. The number of rotatable bonds is 4. The van der Waals surface area contributed by atoms with E-state index in [0.717, 1.165) is 42.8 Å². The standard InChI is InChI=1S/C20H30N2O2/c1-12(2)19-22-16-10-13(11-21-15-7-6-8-17(15)23)9-14(18(16)24-19)20(3,4)5/h9-10,12,15,17,21,23H,6-8,11H2,1-5H3/t15-,17-/m0/s1. The fourth-order valence-electron chi connectivity index (χ4n) is 3.44. The summed E-state index contributed by atoms with van der Waals surface area (Å²) in [4.78, 5) is 4.70. The van der Waals surface area contributed by atoms with Crippen LogP contribution in [0.4, 0.5) is 0 Å². The third-order valence-electron chi connectivity index (χ3n) is 4.92. The second-order valence-electron chi connectivity index (χ2n) is 8.43. The molecular weight excluding hydrogens is 300 g/mol. The van der Waals surface area contributed by atoms with E-state index >= 15 is 0 Å². The van der Waals surface area contributed by atoms with Crippen LogP contribution in [-0.4, -0.2) is 22.2 Å². The van der Waals surface area contributed by atoms with Crippen molar-refractivity contribution in [1.82, 2.24) is 10.3 Å². The van der Waals surface area contributed by atoms with Crippen molar-refractivity contribution < 1.29 is 9.52 Å². The molecule has 0 amide bonds. The average molecular weight is 330 g/mol. The van der Waals surface area contributed by atoms with Gasteiger partial charge in [0.1, 0.15) is 5.52 Å². The smallest absolute Gasteiger partial charge is 0.198 e. The summed E-state index contributed by atoms with van der Waals surface area (Å²) in [5.74, 6) is 1.08. The summed E-state index contributed by atoms with van der Waals surface area (Å²) in [6.07, 6.45) is 2.85. The van der Waals surface area contributed by atoms with Crippen molar-refractivity contribution in [2.75, 3.05) is 0 Å². The first-order valence-electron chi connectivity index (χ1n) is 9.11. The monoisotopic (exact) mass is 330 g/mol. The third-order valence-corrected chi connectivity index (χ3v) is 4.92. The zero-order chi connectivity index (χ0) is 17.5. The van der Waals surface area contributed by atoms with Crippen LogP contribution in [0.1, 0.15) is 76.8 Å². The zero-order valence-corrected chi connectivity index (χ0v) is 15.5. The van der Waals surface area contributed by atoms with Gasteiger partial charge in [-0.2, -0.15) is 0 Å². The molecule has 2 aromatic rings. The lowest BCUT2D eigenvalue weighted by Crippen LogP contribution is -2.35. The second-order valence-corrected chi connectivity index (χ2v) is 8.43. The molecule has 2 N–H and O–H groups in total. The van der Waals surface area contributed by atoms with E-state index in [2.05, 4.69) is 52.1 Å². The Labute approximate surface area is 144 Å². The Kier molecular flexibility index (Phi) is 4.71. The largest absolute Gasteiger partial charge is 0.440 e. The van der Waals surface area contributed by atoms with Gasteiger partial charge in [-0.3, -0.25) is 0 Å². The number of fused-ring (bicyclic) bond motifs is 1. The highest BCUT2D eigenvalue weighted by Gasteiger charge is 2.26. The lowest BCUT2D eigenvalue weighted by atomic mass is 9.85. The van der Waals surface area contributed by atoms with Crippen LogP contribution in [0.15, 0.2) is 16.5 Å². The Hall–Kier alpha value is -1.39. The molecule has 4 heteroatoms. The van der Waals surface area contributed by atoms with Gasteiger partial charge < -0.3 is 14.8 Å². The fourth-order valence-corrected chi connectivity index (χ4v) is 3.44. The number of hydrogen-bond acceptors (Lipinski definition) is 4. The van der Waals surface area contributed by atoms with Gasteiger partial charge in [0.25, 0.3) is 0 Å². The van der Waals surface area contributed by atoms with E-state index in [1.807, 2.05) is 0 Å². The van der Waals surface area contributed by atoms with E-state index in [-0.39, 0.29) is 23.5 Å². The summed E-state index contributed by atoms with van der Waals surface area (Å²) in [6.45, 7) is 11.6. The molecule has 1 aromatic heterocycles. The first-order chi connectivity index (χ1) is 11.3. The molecule has 0 radical (unpaired) electrons. The normalized spacial score (nSPS) is 22.0. The molecular formula is C20H30N2O2. The Bertz CT molecular complexity index is 712. The van der Waals surface area contributed by atoms with Gasteiger partial charge in [0.05, 0.1) is 6.10 Å². The molecule has 0 unspecified atom stereocenters. The quantitative estimate of drug-likeness (QED) is 0.880. The number of aliphatic hydroxyl groups excluding tert-OH is 1. The summed E-state index contributed by atoms with van der Waals surface area (Å²) in [6, 6.07) is 4.56. The lowest BCUT2D eigenvalue weighted by Gasteiger charge is -2.21. The van der Waals surface area contributed by atoms with Crippen molar-refractivity contribution in [3.05, 3.63) is 29.2 Å². The highest BCUT2D eigenvalue weighted by molar-refractivity contribution is 5.78. The number of nitrogens with one attached hydrogen (secondary N) is 1. The van der Waals surface area contributed by atoms with Crippen LogP contribution in [0.25, 0.3) is 11.1 Å². The van der Waals surface area contributed by atoms with Gasteiger partial charge in [-0.1, -0.05) is 40.7 Å². The first kappa shape index (κ1) is 17.4. The molecule has 1 fully saturated rings. The number of benzene rings is 1. The van der Waals surface area contributed by atoms with Crippen LogP contribution in [0, 0.1) is 0 Å². The molecule has 2 atom stereocenters. The third kappa shape index (κ3) is 3.50.